The molecule has 0 N–H and O–H groups in total. The molecule has 2 heterocycles. The Morgan fingerprint density at radius 1 is 1.00 bits per heavy atom. The number of esters is 1. The Kier molecular flexibility index (Phi) is 6.39. The van der Waals surface area contributed by atoms with E-state index in [0.29, 0.717) is 18.5 Å². The molecular weight excluding hydrogens is 392 g/mol. The zero-order valence-electron chi connectivity index (χ0n) is 18.4. The standard InChI is InChI=1S/C25H30N2O4/c1-17-13-26(14-18(2)31-17)15-19-8-10-20(11-9-19)24(28)27-16-22-7-5-4-6-21(22)12-23(27)25(29)30-3/h4-11,17-18,23H,12-16H2,1-3H3. The van der Waals surface area contributed by atoms with Crippen LogP contribution in [0.4, 0.5) is 0 Å². The van der Waals surface area contributed by atoms with E-state index in [-0.39, 0.29) is 24.1 Å². The van der Waals surface area contributed by atoms with Crippen molar-refractivity contribution in [2.45, 2.75) is 51.6 Å². The molecule has 6 heteroatoms. The second kappa shape index (κ2) is 9.20. The van der Waals surface area contributed by atoms with Crippen LogP contribution in [0.5, 0.6) is 0 Å². The van der Waals surface area contributed by atoms with Crippen molar-refractivity contribution in [3.63, 3.8) is 0 Å². The van der Waals surface area contributed by atoms with Gasteiger partial charge in [-0.05, 0) is 42.7 Å². The fourth-order valence-corrected chi connectivity index (χ4v) is 4.67. The van der Waals surface area contributed by atoms with Crippen LogP contribution in [0.15, 0.2) is 48.5 Å². The lowest BCUT2D eigenvalue weighted by atomic mass is 9.93. The summed E-state index contributed by atoms with van der Waals surface area (Å²) in [6.07, 6.45) is 0.920. The number of methoxy groups -OCH3 is 1. The maximum atomic E-state index is 13.3. The quantitative estimate of drug-likeness (QED) is 0.709. The van der Waals surface area contributed by atoms with Gasteiger partial charge in [-0.2, -0.15) is 0 Å². The highest BCUT2D eigenvalue weighted by atomic mass is 16.5. The molecule has 0 spiro atoms. The summed E-state index contributed by atoms with van der Waals surface area (Å²) in [4.78, 5) is 29.8. The molecule has 6 nitrogen and oxygen atoms in total. The van der Waals surface area contributed by atoms with Crippen molar-refractivity contribution < 1.29 is 19.1 Å². The van der Waals surface area contributed by atoms with Gasteiger partial charge in [0.25, 0.3) is 5.91 Å². The average molecular weight is 423 g/mol. The van der Waals surface area contributed by atoms with Gasteiger partial charge in [-0.15, -0.1) is 0 Å². The van der Waals surface area contributed by atoms with Crippen molar-refractivity contribution in [2.24, 2.45) is 0 Å². The van der Waals surface area contributed by atoms with Crippen molar-refractivity contribution in [1.82, 2.24) is 9.80 Å². The number of morpholine rings is 1. The van der Waals surface area contributed by atoms with Gasteiger partial charge in [0, 0.05) is 38.2 Å². The topological polar surface area (TPSA) is 59.1 Å². The lowest BCUT2D eigenvalue weighted by Crippen LogP contribution is -2.49. The normalized spacial score (nSPS) is 23.8. The summed E-state index contributed by atoms with van der Waals surface area (Å²) < 4.78 is 10.8. The summed E-state index contributed by atoms with van der Waals surface area (Å²) in [5.41, 5.74) is 3.90. The second-order valence-corrected chi connectivity index (χ2v) is 8.59. The van der Waals surface area contributed by atoms with E-state index in [4.69, 9.17) is 9.47 Å². The lowest BCUT2D eigenvalue weighted by Gasteiger charge is -2.35. The molecule has 2 aliphatic heterocycles. The minimum absolute atomic E-state index is 0.148. The number of carbonyl (C=O) groups is 2. The molecule has 0 radical (unpaired) electrons. The number of hydrogen-bond donors (Lipinski definition) is 0. The van der Waals surface area contributed by atoms with Crippen molar-refractivity contribution >= 4 is 11.9 Å². The molecule has 164 valence electrons. The van der Waals surface area contributed by atoms with Gasteiger partial charge < -0.3 is 14.4 Å². The zero-order chi connectivity index (χ0) is 22.0. The molecule has 1 saturated heterocycles. The summed E-state index contributed by atoms with van der Waals surface area (Å²) in [6, 6.07) is 15.1. The summed E-state index contributed by atoms with van der Waals surface area (Å²) >= 11 is 0. The van der Waals surface area contributed by atoms with Gasteiger partial charge in [-0.1, -0.05) is 36.4 Å². The molecule has 31 heavy (non-hydrogen) atoms. The van der Waals surface area contributed by atoms with Crippen molar-refractivity contribution in [3.8, 4) is 0 Å². The number of hydrogen-bond acceptors (Lipinski definition) is 5. The zero-order valence-corrected chi connectivity index (χ0v) is 18.4. The minimum atomic E-state index is -0.608. The van der Waals surface area contributed by atoms with Crippen LogP contribution in [0.3, 0.4) is 0 Å². The summed E-state index contributed by atoms with van der Waals surface area (Å²) in [7, 11) is 1.37. The molecule has 2 aliphatic rings. The summed E-state index contributed by atoms with van der Waals surface area (Å²) in [5, 5.41) is 0. The van der Waals surface area contributed by atoms with Gasteiger partial charge in [0.15, 0.2) is 0 Å². The van der Waals surface area contributed by atoms with E-state index in [1.54, 1.807) is 4.90 Å². The van der Waals surface area contributed by atoms with E-state index in [2.05, 4.69) is 18.7 Å². The van der Waals surface area contributed by atoms with Crippen molar-refractivity contribution in [3.05, 3.63) is 70.8 Å². The van der Waals surface area contributed by atoms with Gasteiger partial charge in [-0.3, -0.25) is 9.69 Å². The Morgan fingerprint density at radius 3 is 2.29 bits per heavy atom. The van der Waals surface area contributed by atoms with Crippen LogP contribution in [0.2, 0.25) is 0 Å². The predicted octanol–water partition coefficient (Wildman–Crippen LogP) is 3.04. The SMILES string of the molecule is COC(=O)C1Cc2ccccc2CN1C(=O)c1ccc(CN2CC(C)OC(C)C2)cc1. The molecule has 3 atom stereocenters. The molecule has 0 saturated carbocycles. The molecule has 4 rings (SSSR count). The first-order valence-corrected chi connectivity index (χ1v) is 10.9. The number of rotatable bonds is 4. The first kappa shape index (κ1) is 21.5. The Morgan fingerprint density at radius 2 is 1.65 bits per heavy atom. The molecular formula is C25H30N2O4. The van der Waals surface area contributed by atoms with Crippen molar-refractivity contribution in [1.29, 1.82) is 0 Å². The van der Waals surface area contributed by atoms with E-state index in [1.807, 2.05) is 48.5 Å². The second-order valence-electron chi connectivity index (χ2n) is 8.59. The van der Waals surface area contributed by atoms with Crippen molar-refractivity contribution in [2.75, 3.05) is 20.2 Å². The van der Waals surface area contributed by atoms with Crippen LogP contribution in [0.25, 0.3) is 0 Å². The third-order valence-electron chi connectivity index (χ3n) is 6.08. The fraction of sp³-hybridized carbons (Fsp3) is 0.440. The molecule has 2 aromatic rings. The van der Waals surface area contributed by atoms with Gasteiger partial charge in [0.2, 0.25) is 0 Å². The number of amides is 1. The van der Waals surface area contributed by atoms with E-state index < -0.39 is 6.04 Å². The first-order chi connectivity index (χ1) is 14.9. The average Bonchev–Trinajstić information content (AvgIpc) is 2.77. The van der Waals surface area contributed by atoms with Gasteiger partial charge in [0.1, 0.15) is 6.04 Å². The number of nitrogens with zero attached hydrogens (tertiary/aromatic N) is 2. The molecule has 1 amide bonds. The van der Waals surface area contributed by atoms with Gasteiger partial charge in [0.05, 0.1) is 19.3 Å². The van der Waals surface area contributed by atoms with E-state index in [9.17, 15) is 9.59 Å². The minimum Gasteiger partial charge on any atom is -0.467 e. The highest BCUT2D eigenvalue weighted by molar-refractivity contribution is 5.97. The van der Waals surface area contributed by atoms with Crippen LogP contribution < -0.4 is 0 Å². The highest BCUT2D eigenvalue weighted by Gasteiger charge is 2.35. The molecule has 1 fully saturated rings. The summed E-state index contributed by atoms with van der Waals surface area (Å²) in [6.45, 7) is 7.23. The molecule has 2 aromatic carbocycles. The number of benzene rings is 2. The van der Waals surface area contributed by atoms with E-state index in [1.165, 1.54) is 7.11 Å². The Hall–Kier alpha value is -2.70. The Balaban J connectivity index is 1.49. The van der Waals surface area contributed by atoms with E-state index in [0.717, 1.165) is 36.3 Å². The van der Waals surface area contributed by atoms with Crippen LogP contribution >= 0.6 is 0 Å². The summed E-state index contributed by atoms with van der Waals surface area (Å²) in [5.74, 6) is -0.528. The molecule has 0 aromatic heterocycles. The van der Waals surface area contributed by atoms with Crippen LogP contribution in [-0.2, 0) is 33.8 Å². The molecule has 0 aliphatic carbocycles. The number of ether oxygens (including phenoxy) is 2. The largest absolute Gasteiger partial charge is 0.467 e. The smallest absolute Gasteiger partial charge is 0.328 e. The maximum Gasteiger partial charge on any atom is 0.328 e. The lowest BCUT2D eigenvalue weighted by molar-refractivity contribution is -0.146. The Labute approximate surface area is 183 Å². The molecule has 0 bridgehead atoms. The highest BCUT2D eigenvalue weighted by Crippen LogP contribution is 2.26. The molecule has 3 unspecified atom stereocenters. The van der Waals surface area contributed by atoms with Gasteiger partial charge >= 0.3 is 5.97 Å². The van der Waals surface area contributed by atoms with Crippen LogP contribution in [-0.4, -0.2) is 60.1 Å². The van der Waals surface area contributed by atoms with Crippen LogP contribution in [0.1, 0.15) is 40.9 Å². The third kappa shape index (κ3) is 4.81. The van der Waals surface area contributed by atoms with Gasteiger partial charge in [-0.25, -0.2) is 4.79 Å². The number of fused-ring (bicyclic) bond motifs is 1. The monoisotopic (exact) mass is 422 g/mol. The third-order valence-corrected chi connectivity index (χ3v) is 6.08. The Bertz CT molecular complexity index is 933. The van der Waals surface area contributed by atoms with Crippen LogP contribution in [0, 0.1) is 0 Å². The van der Waals surface area contributed by atoms with E-state index >= 15 is 0 Å². The fourth-order valence-electron chi connectivity index (χ4n) is 4.67. The maximum absolute atomic E-state index is 13.3. The number of carbonyl (C=O) groups excluding carboxylic acids is 2. The predicted molar refractivity (Wildman–Crippen MR) is 118 cm³/mol. The first-order valence-electron chi connectivity index (χ1n) is 10.9.